The highest BCUT2D eigenvalue weighted by atomic mass is 16.6. The summed E-state index contributed by atoms with van der Waals surface area (Å²) in [5.41, 5.74) is -0.161. The van der Waals surface area contributed by atoms with Gasteiger partial charge in [-0.25, -0.2) is 0 Å². The molecule has 0 saturated carbocycles. The molecule has 0 radical (unpaired) electrons. The van der Waals surface area contributed by atoms with Crippen LogP contribution in [0, 0.1) is 0 Å². The SMILES string of the molecule is CC(COC=O)OCC(C)OC(C)(C)C. The largest absolute Gasteiger partial charge is 0.465 e. The van der Waals surface area contributed by atoms with Crippen LogP contribution in [0.5, 0.6) is 0 Å². The minimum atomic E-state index is -0.161. The van der Waals surface area contributed by atoms with Crippen molar-refractivity contribution in [3.63, 3.8) is 0 Å². The fourth-order valence-corrected chi connectivity index (χ4v) is 1.16. The molecular weight excluding hydrogens is 196 g/mol. The zero-order chi connectivity index (χ0) is 11.9. The molecule has 4 heteroatoms. The number of rotatable bonds is 7. The van der Waals surface area contributed by atoms with E-state index in [0.717, 1.165) is 0 Å². The van der Waals surface area contributed by atoms with E-state index < -0.39 is 0 Å². The quantitative estimate of drug-likeness (QED) is 0.611. The van der Waals surface area contributed by atoms with Gasteiger partial charge in [0.05, 0.1) is 24.4 Å². The average Bonchev–Trinajstić information content (AvgIpc) is 2.08. The highest BCUT2D eigenvalue weighted by Gasteiger charge is 2.16. The van der Waals surface area contributed by atoms with Crippen molar-refractivity contribution in [1.82, 2.24) is 0 Å². The smallest absolute Gasteiger partial charge is 0.293 e. The van der Waals surface area contributed by atoms with Gasteiger partial charge in [0.2, 0.25) is 0 Å². The Kier molecular flexibility index (Phi) is 6.52. The van der Waals surface area contributed by atoms with Crippen LogP contribution in [-0.2, 0) is 19.0 Å². The van der Waals surface area contributed by atoms with E-state index in [1.807, 2.05) is 34.6 Å². The number of hydrogen-bond acceptors (Lipinski definition) is 4. The van der Waals surface area contributed by atoms with Crippen molar-refractivity contribution in [2.24, 2.45) is 0 Å². The van der Waals surface area contributed by atoms with Gasteiger partial charge in [-0.05, 0) is 34.6 Å². The van der Waals surface area contributed by atoms with E-state index in [-0.39, 0.29) is 24.4 Å². The van der Waals surface area contributed by atoms with Crippen LogP contribution in [0.1, 0.15) is 34.6 Å². The van der Waals surface area contributed by atoms with Crippen molar-refractivity contribution in [2.45, 2.75) is 52.4 Å². The normalized spacial score (nSPS) is 15.8. The third-order valence-electron chi connectivity index (χ3n) is 1.57. The van der Waals surface area contributed by atoms with E-state index in [2.05, 4.69) is 4.74 Å². The van der Waals surface area contributed by atoms with Crippen molar-refractivity contribution in [3.05, 3.63) is 0 Å². The predicted octanol–water partition coefficient (Wildman–Crippen LogP) is 1.77. The first-order valence-electron chi connectivity index (χ1n) is 5.20. The maximum atomic E-state index is 9.93. The van der Waals surface area contributed by atoms with E-state index >= 15 is 0 Å². The summed E-state index contributed by atoms with van der Waals surface area (Å²) in [6, 6.07) is 0. The van der Waals surface area contributed by atoms with Crippen molar-refractivity contribution in [1.29, 1.82) is 0 Å². The lowest BCUT2D eigenvalue weighted by molar-refractivity contribution is -0.135. The highest BCUT2D eigenvalue weighted by Crippen LogP contribution is 2.11. The molecular formula is C11H22O4. The van der Waals surface area contributed by atoms with Crippen LogP contribution in [0.25, 0.3) is 0 Å². The monoisotopic (exact) mass is 218 g/mol. The lowest BCUT2D eigenvalue weighted by Gasteiger charge is -2.25. The number of carbonyl (C=O) groups is 1. The summed E-state index contributed by atoms with van der Waals surface area (Å²) in [5.74, 6) is 0. The Bertz CT molecular complexity index is 174. The zero-order valence-electron chi connectivity index (χ0n) is 10.3. The van der Waals surface area contributed by atoms with Gasteiger partial charge in [0.1, 0.15) is 6.61 Å². The standard InChI is InChI=1S/C11H22O4/c1-9(6-13-8-12)14-7-10(2)15-11(3,4)5/h8-10H,6-7H2,1-5H3. The Labute approximate surface area is 91.9 Å². The molecule has 0 aliphatic rings. The Hall–Kier alpha value is -0.610. The van der Waals surface area contributed by atoms with Crippen LogP contribution in [0.4, 0.5) is 0 Å². The Balaban J connectivity index is 3.61. The Morgan fingerprint density at radius 3 is 2.20 bits per heavy atom. The molecule has 15 heavy (non-hydrogen) atoms. The topological polar surface area (TPSA) is 44.8 Å². The fraction of sp³-hybridized carbons (Fsp3) is 0.909. The van der Waals surface area contributed by atoms with Crippen LogP contribution in [0.3, 0.4) is 0 Å². The summed E-state index contributed by atoms with van der Waals surface area (Å²) in [7, 11) is 0. The molecule has 0 fully saturated rings. The fourth-order valence-electron chi connectivity index (χ4n) is 1.16. The zero-order valence-corrected chi connectivity index (χ0v) is 10.3. The molecule has 0 rings (SSSR count). The molecule has 0 N–H and O–H groups in total. The maximum absolute atomic E-state index is 9.93. The molecule has 0 aromatic rings. The second-order valence-corrected chi connectivity index (χ2v) is 4.61. The summed E-state index contributed by atoms with van der Waals surface area (Å²) in [4.78, 5) is 9.93. The van der Waals surface area contributed by atoms with E-state index in [9.17, 15) is 4.79 Å². The molecule has 0 aliphatic heterocycles. The predicted molar refractivity (Wildman–Crippen MR) is 57.7 cm³/mol. The molecule has 0 aromatic heterocycles. The first-order valence-corrected chi connectivity index (χ1v) is 5.20. The van der Waals surface area contributed by atoms with Gasteiger partial charge in [0, 0.05) is 0 Å². The number of carbonyl (C=O) groups excluding carboxylic acids is 1. The van der Waals surface area contributed by atoms with Gasteiger partial charge in [0.25, 0.3) is 6.47 Å². The first-order chi connectivity index (χ1) is 6.85. The van der Waals surface area contributed by atoms with Gasteiger partial charge in [-0.15, -0.1) is 0 Å². The van der Waals surface area contributed by atoms with Crippen LogP contribution >= 0.6 is 0 Å². The van der Waals surface area contributed by atoms with Crippen molar-refractivity contribution < 1.29 is 19.0 Å². The molecule has 0 aromatic carbocycles. The Morgan fingerprint density at radius 2 is 1.73 bits per heavy atom. The maximum Gasteiger partial charge on any atom is 0.293 e. The molecule has 4 nitrogen and oxygen atoms in total. The molecule has 0 saturated heterocycles. The molecule has 0 heterocycles. The van der Waals surface area contributed by atoms with Crippen LogP contribution in [-0.4, -0.2) is 37.5 Å². The van der Waals surface area contributed by atoms with Crippen molar-refractivity contribution in [3.8, 4) is 0 Å². The lowest BCUT2D eigenvalue weighted by atomic mass is 10.2. The summed E-state index contributed by atoms with van der Waals surface area (Å²) in [5, 5.41) is 0. The van der Waals surface area contributed by atoms with E-state index in [1.165, 1.54) is 0 Å². The minimum absolute atomic E-state index is 0.0312. The van der Waals surface area contributed by atoms with Crippen LogP contribution < -0.4 is 0 Å². The third-order valence-corrected chi connectivity index (χ3v) is 1.57. The van der Waals surface area contributed by atoms with Gasteiger partial charge in [-0.2, -0.15) is 0 Å². The van der Waals surface area contributed by atoms with Gasteiger partial charge >= 0.3 is 0 Å². The summed E-state index contributed by atoms with van der Waals surface area (Å²) >= 11 is 0. The van der Waals surface area contributed by atoms with Crippen LogP contribution in [0.2, 0.25) is 0 Å². The molecule has 0 amide bonds. The molecule has 0 bridgehead atoms. The summed E-state index contributed by atoms with van der Waals surface area (Å²) in [6.07, 6.45) is -0.0649. The molecule has 2 unspecified atom stereocenters. The molecule has 0 spiro atoms. The Morgan fingerprint density at radius 1 is 1.13 bits per heavy atom. The van der Waals surface area contributed by atoms with Gasteiger partial charge in [-0.3, -0.25) is 4.79 Å². The van der Waals surface area contributed by atoms with Gasteiger partial charge < -0.3 is 14.2 Å². The number of ether oxygens (including phenoxy) is 3. The van der Waals surface area contributed by atoms with Crippen LogP contribution in [0.15, 0.2) is 0 Å². The second-order valence-electron chi connectivity index (χ2n) is 4.61. The molecule has 0 aliphatic carbocycles. The average molecular weight is 218 g/mol. The summed E-state index contributed by atoms with van der Waals surface area (Å²) in [6.45, 7) is 11.0. The van der Waals surface area contributed by atoms with E-state index in [1.54, 1.807) is 0 Å². The first kappa shape index (κ1) is 14.4. The molecule has 90 valence electrons. The van der Waals surface area contributed by atoms with E-state index in [0.29, 0.717) is 13.1 Å². The summed E-state index contributed by atoms with van der Waals surface area (Å²) < 4.78 is 15.7. The third kappa shape index (κ3) is 9.69. The van der Waals surface area contributed by atoms with Gasteiger partial charge in [-0.1, -0.05) is 0 Å². The lowest BCUT2D eigenvalue weighted by Crippen LogP contribution is -2.30. The number of hydrogen-bond donors (Lipinski definition) is 0. The highest BCUT2D eigenvalue weighted by molar-refractivity contribution is 5.36. The van der Waals surface area contributed by atoms with E-state index in [4.69, 9.17) is 9.47 Å². The second kappa shape index (κ2) is 6.80. The minimum Gasteiger partial charge on any atom is -0.465 e. The van der Waals surface area contributed by atoms with Crippen molar-refractivity contribution in [2.75, 3.05) is 13.2 Å². The van der Waals surface area contributed by atoms with Gasteiger partial charge in [0.15, 0.2) is 0 Å². The molecule has 2 atom stereocenters. The van der Waals surface area contributed by atoms with Crippen molar-refractivity contribution >= 4 is 6.47 Å².